The summed E-state index contributed by atoms with van der Waals surface area (Å²) >= 11 is 0. The van der Waals surface area contributed by atoms with Crippen LogP contribution in [-0.4, -0.2) is 11.7 Å². The molecule has 14 heavy (non-hydrogen) atoms. The molecular weight excluding hydrogens is 172 g/mol. The molecule has 0 fully saturated rings. The molecule has 0 heterocycles. The first kappa shape index (κ1) is 11.0. The second-order valence-electron chi connectivity index (χ2n) is 3.72. The van der Waals surface area contributed by atoms with Crippen LogP contribution < -0.4 is 0 Å². The van der Waals surface area contributed by atoms with E-state index in [0.717, 1.165) is 12.8 Å². The molecule has 0 spiro atoms. The highest BCUT2D eigenvalue weighted by atomic mass is 16.2. The molecule has 0 unspecified atom stereocenters. The van der Waals surface area contributed by atoms with Gasteiger partial charge in [-0.3, -0.25) is 0 Å². The van der Waals surface area contributed by atoms with E-state index in [9.17, 15) is 0 Å². The van der Waals surface area contributed by atoms with Crippen molar-refractivity contribution in [1.82, 2.24) is 0 Å². The first-order valence-corrected chi connectivity index (χ1v) is 5.04. The SMILES string of the molecule is C/C(=C\CO)CCc1ccc(C)cc1. The summed E-state index contributed by atoms with van der Waals surface area (Å²) in [5.74, 6) is 0. The number of rotatable bonds is 4. The summed E-state index contributed by atoms with van der Waals surface area (Å²) in [4.78, 5) is 0. The van der Waals surface area contributed by atoms with Crippen molar-refractivity contribution in [3.8, 4) is 0 Å². The van der Waals surface area contributed by atoms with Gasteiger partial charge < -0.3 is 5.11 Å². The van der Waals surface area contributed by atoms with Crippen molar-refractivity contribution in [2.24, 2.45) is 0 Å². The Kier molecular flexibility index (Phi) is 4.41. The summed E-state index contributed by atoms with van der Waals surface area (Å²) in [6, 6.07) is 8.62. The van der Waals surface area contributed by atoms with Gasteiger partial charge >= 0.3 is 0 Å². The second kappa shape index (κ2) is 5.61. The highest BCUT2D eigenvalue weighted by Crippen LogP contribution is 2.09. The molecule has 1 N–H and O–H groups in total. The van der Waals surface area contributed by atoms with Crippen LogP contribution in [0.3, 0.4) is 0 Å². The van der Waals surface area contributed by atoms with Crippen LogP contribution in [0.15, 0.2) is 35.9 Å². The third-order valence-electron chi connectivity index (χ3n) is 2.37. The van der Waals surface area contributed by atoms with Gasteiger partial charge in [0.1, 0.15) is 0 Å². The summed E-state index contributed by atoms with van der Waals surface area (Å²) in [5, 5.41) is 8.69. The smallest absolute Gasteiger partial charge is 0.0614 e. The zero-order chi connectivity index (χ0) is 10.4. The van der Waals surface area contributed by atoms with Crippen LogP contribution in [0.5, 0.6) is 0 Å². The molecule has 1 aromatic carbocycles. The minimum absolute atomic E-state index is 0.153. The third-order valence-corrected chi connectivity index (χ3v) is 2.37. The summed E-state index contributed by atoms with van der Waals surface area (Å²) in [7, 11) is 0. The lowest BCUT2D eigenvalue weighted by Gasteiger charge is -2.02. The Bertz CT molecular complexity index is 296. The fourth-order valence-electron chi connectivity index (χ4n) is 1.35. The van der Waals surface area contributed by atoms with Gasteiger partial charge in [-0.15, -0.1) is 0 Å². The molecule has 0 aliphatic rings. The summed E-state index contributed by atoms with van der Waals surface area (Å²) < 4.78 is 0. The number of allylic oxidation sites excluding steroid dienone is 1. The van der Waals surface area contributed by atoms with Crippen molar-refractivity contribution >= 4 is 0 Å². The van der Waals surface area contributed by atoms with E-state index in [2.05, 4.69) is 38.1 Å². The van der Waals surface area contributed by atoms with Crippen LogP contribution >= 0.6 is 0 Å². The van der Waals surface area contributed by atoms with E-state index < -0.39 is 0 Å². The van der Waals surface area contributed by atoms with E-state index in [4.69, 9.17) is 5.11 Å². The lowest BCUT2D eigenvalue weighted by molar-refractivity contribution is 0.341. The fraction of sp³-hybridized carbons (Fsp3) is 0.385. The van der Waals surface area contributed by atoms with E-state index in [0.29, 0.717) is 0 Å². The van der Waals surface area contributed by atoms with Crippen LogP contribution in [0.1, 0.15) is 24.5 Å². The molecule has 1 aromatic rings. The van der Waals surface area contributed by atoms with E-state index in [-0.39, 0.29) is 6.61 Å². The Labute approximate surface area is 86.1 Å². The van der Waals surface area contributed by atoms with Gasteiger partial charge in [0.25, 0.3) is 0 Å². The number of aliphatic hydroxyl groups is 1. The largest absolute Gasteiger partial charge is 0.392 e. The number of aliphatic hydroxyl groups excluding tert-OH is 1. The molecule has 0 aromatic heterocycles. The van der Waals surface area contributed by atoms with Crippen molar-refractivity contribution in [3.63, 3.8) is 0 Å². The second-order valence-corrected chi connectivity index (χ2v) is 3.72. The maximum atomic E-state index is 8.69. The predicted molar refractivity (Wildman–Crippen MR) is 60.3 cm³/mol. The number of aryl methyl sites for hydroxylation is 2. The number of hydrogen-bond acceptors (Lipinski definition) is 1. The van der Waals surface area contributed by atoms with Crippen molar-refractivity contribution in [2.45, 2.75) is 26.7 Å². The van der Waals surface area contributed by atoms with Gasteiger partial charge in [-0.1, -0.05) is 41.5 Å². The molecule has 0 amide bonds. The Morgan fingerprint density at radius 3 is 2.50 bits per heavy atom. The molecule has 1 nitrogen and oxygen atoms in total. The lowest BCUT2D eigenvalue weighted by atomic mass is 10.0. The normalized spacial score (nSPS) is 11.8. The van der Waals surface area contributed by atoms with Gasteiger partial charge in [-0.05, 0) is 32.3 Å². The molecule has 76 valence electrons. The Balaban J connectivity index is 2.46. The number of benzene rings is 1. The van der Waals surface area contributed by atoms with Gasteiger partial charge in [-0.2, -0.15) is 0 Å². The maximum absolute atomic E-state index is 8.69. The van der Waals surface area contributed by atoms with Crippen LogP contribution in [-0.2, 0) is 6.42 Å². The quantitative estimate of drug-likeness (QED) is 0.724. The average molecular weight is 190 g/mol. The van der Waals surface area contributed by atoms with Crippen LogP contribution in [0, 0.1) is 6.92 Å². The summed E-state index contributed by atoms with van der Waals surface area (Å²) in [6.07, 6.45) is 3.96. The van der Waals surface area contributed by atoms with E-state index in [1.54, 1.807) is 0 Å². The van der Waals surface area contributed by atoms with Crippen molar-refractivity contribution < 1.29 is 5.11 Å². The molecular formula is C13H18O. The Hall–Kier alpha value is -1.08. The molecule has 0 saturated carbocycles. The molecule has 0 saturated heterocycles. The molecule has 0 aliphatic heterocycles. The lowest BCUT2D eigenvalue weighted by Crippen LogP contribution is -1.88. The topological polar surface area (TPSA) is 20.2 Å². The minimum Gasteiger partial charge on any atom is -0.392 e. The summed E-state index contributed by atoms with van der Waals surface area (Å²) in [6.45, 7) is 4.31. The van der Waals surface area contributed by atoms with Crippen molar-refractivity contribution in [2.75, 3.05) is 6.61 Å². The highest BCUT2D eigenvalue weighted by molar-refractivity contribution is 5.22. The first-order chi connectivity index (χ1) is 6.72. The van der Waals surface area contributed by atoms with E-state index in [1.165, 1.54) is 16.7 Å². The van der Waals surface area contributed by atoms with Crippen molar-refractivity contribution in [1.29, 1.82) is 0 Å². The monoisotopic (exact) mass is 190 g/mol. The maximum Gasteiger partial charge on any atom is 0.0614 e. The first-order valence-electron chi connectivity index (χ1n) is 5.04. The zero-order valence-corrected chi connectivity index (χ0v) is 8.96. The Morgan fingerprint density at radius 2 is 1.93 bits per heavy atom. The van der Waals surface area contributed by atoms with Gasteiger partial charge in [0, 0.05) is 0 Å². The number of hydrogen-bond donors (Lipinski definition) is 1. The van der Waals surface area contributed by atoms with Gasteiger partial charge in [0.05, 0.1) is 6.61 Å². The van der Waals surface area contributed by atoms with E-state index >= 15 is 0 Å². The van der Waals surface area contributed by atoms with Crippen LogP contribution in [0.25, 0.3) is 0 Å². The average Bonchev–Trinajstić information content (AvgIpc) is 2.17. The van der Waals surface area contributed by atoms with Gasteiger partial charge in [0.15, 0.2) is 0 Å². The van der Waals surface area contributed by atoms with Crippen LogP contribution in [0.4, 0.5) is 0 Å². The molecule has 0 atom stereocenters. The third kappa shape index (κ3) is 3.75. The molecule has 1 rings (SSSR count). The Morgan fingerprint density at radius 1 is 1.29 bits per heavy atom. The van der Waals surface area contributed by atoms with E-state index in [1.807, 2.05) is 6.08 Å². The molecule has 0 aliphatic carbocycles. The molecule has 1 heteroatoms. The highest BCUT2D eigenvalue weighted by Gasteiger charge is 1.94. The molecule has 0 radical (unpaired) electrons. The van der Waals surface area contributed by atoms with Crippen molar-refractivity contribution in [3.05, 3.63) is 47.0 Å². The standard InChI is InChI=1S/C13H18O/c1-11-3-6-13(7-4-11)8-5-12(2)9-10-14/h3-4,6-7,9,14H,5,8,10H2,1-2H3/b12-9+. The summed E-state index contributed by atoms with van der Waals surface area (Å²) in [5.41, 5.74) is 3.92. The minimum atomic E-state index is 0.153. The van der Waals surface area contributed by atoms with Crippen LogP contribution in [0.2, 0.25) is 0 Å². The zero-order valence-electron chi connectivity index (χ0n) is 8.96. The van der Waals surface area contributed by atoms with Gasteiger partial charge in [0.2, 0.25) is 0 Å². The fourth-order valence-corrected chi connectivity index (χ4v) is 1.35. The van der Waals surface area contributed by atoms with Gasteiger partial charge in [-0.25, -0.2) is 0 Å². The molecule has 0 bridgehead atoms. The predicted octanol–water partition coefficient (Wildman–Crippen LogP) is 2.87.